The van der Waals surface area contributed by atoms with Crippen LogP contribution in [0.25, 0.3) is 0 Å². The standard InChI is InChI=1S/C24H34N2O6S/c1-31-22-12-11-20(33(29,30)26-15-7-2-3-8-16-26)17-21(22)24(28)32-18-23(27)25-14-13-19-9-5-4-6-10-19/h9,11-12,17H,2-8,10,13-16,18H2,1H3,(H,25,27). The van der Waals surface area contributed by atoms with Crippen LogP contribution >= 0.6 is 0 Å². The normalized spacial score (nSPS) is 17.5. The summed E-state index contributed by atoms with van der Waals surface area (Å²) in [7, 11) is -2.34. The Labute approximate surface area is 196 Å². The first-order valence-electron chi connectivity index (χ1n) is 11.7. The maximum atomic E-state index is 13.1. The Balaban J connectivity index is 1.60. The van der Waals surface area contributed by atoms with E-state index in [9.17, 15) is 18.0 Å². The van der Waals surface area contributed by atoms with Crippen molar-refractivity contribution >= 4 is 21.9 Å². The van der Waals surface area contributed by atoms with Crippen LogP contribution < -0.4 is 10.1 Å². The molecule has 0 aromatic heterocycles. The fraction of sp³-hybridized carbons (Fsp3) is 0.583. The van der Waals surface area contributed by atoms with E-state index >= 15 is 0 Å². The van der Waals surface area contributed by atoms with Gasteiger partial charge >= 0.3 is 5.97 Å². The van der Waals surface area contributed by atoms with Gasteiger partial charge in [-0.3, -0.25) is 4.79 Å². The lowest BCUT2D eigenvalue weighted by Crippen LogP contribution is -2.32. The highest BCUT2D eigenvalue weighted by Gasteiger charge is 2.27. The van der Waals surface area contributed by atoms with Crippen molar-refractivity contribution in [2.45, 2.75) is 62.7 Å². The number of nitrogens with zero attached hydrogens (tertiary/aromatic N) is 1. The number of ether oxygens (including phenoxy) is 2. The van der Waals surface area contributed by atoms with Gasteiger partial charge in [0, 0.05) is 19.6 Å². The minimum atomic E-state index is -3.74. The molecule has 1 heterocycles. The smallest absolute Gasteiger partial charge is 0.342 e. The minimum Gasteiger partial charge on any atom is -0.496 e. The third-order valence-corrected chi connectivity index (χ3v) is 7.98. The van der Waals surface area contributed by atoms with Gasteiger partial charge < -0.3 is 14.8 Å². The molecule has 182 valence electrons. The van der Waals surface area contributed by atoms with Crippen LogP contribution in [0.15, 0.2) is 34.7 Å². The van der Waals surface area contributed by atoms with Gasteiger partial charge in [-0.2, -0.15) is 4.31 Å². The number of benzene rings is 1. The van der Waals surface area contributed by atoms with E-state index in [1.54, 1.807) is 0 Å². The Morgan fingerprint density at radius 3 is 2.48 bits per heavy atom. The van der Waals surface area contributed by atoms with Gasteiger partial charge in [0.1, 0.15) is 11.3 Å². The van der Waals surface area contributed by atoms with E-state index in [1.165, 1.54) is 48.0 Å². The molecule has 0 saturated carbocycles. The molecule has 2 aliphatic rings. The average molecular weight is 479 g/mol. The number of carbonyl (C=O) groups excluding carboxylic acids is 2. The van der Waals surface area contributed by atoms with Crippen LogP contribution in [0.5, 0.6) is 5.75 Å². The third-order valence-electron chi connectivity index (χ3n) is 6.08. The molecule has 1 amide bonds. The van der Waals surface area contributed by atoms with Crippen LogP contribution in [0.3, 0.4) is 0 Å². The van der Waals surface area contributed by atoms with Crippen molar-refractivity contribution in [2.75, 3.05) is 33.4 Å². The van der Waals surface area contributed by atoms with Crippen molar-refractivity contribution in [1.29, 1.82) is 0 Å². The molecular formula is C24H34N2O6S. The molecule has 1 aromatic carbocycles. The Bertz CT molecular complexity index is 965. The molecular weight excluding hydrogens is 444 g/mol. The number of sulfonamides is 1. The second kappa shape index (κ2) is 12.2. The molecule has 1 aromatic rings. The van der Waals surface area contributed by atoms with E-state index < -0.39 is 28.5 Å². The summed E-state index contributed by atoms with van der Waals surface area (Å²) in [5.74, 6) is -1.00. The number of hydrogen-bond acceptors (Lipinski definition) is 6. The Kier molecular flexibility index (Phi) is 9.31. The van der Waals surface area contributed by atoms with Crippen LogP contribution in [-0.4, -0.2) is 58.0 Å². The maximum Gasteiger partial charge on any atom is 0.342 e. The zero-order valence-electron chi connectivity index (χ0n) is 19.3. The molecule has 1 aliphatic carbocycles. The number of allylic oxidation sites excluding steroid dienone is 1. The van der Waals surface area contributed by atoms with Gasteiger partial charge in [-0.15, -0.1) is 0 Å². The van der Waals surface area contributed by atoms with Crippen molar-refractivity contribution in [2.24, 2.45) is 0 Å². The second-order valence-electron chi connectivity index (χ2n) is 8.46. The molecule has 9 heteroatoms. The predicted molar refractivity (Wildman–Crippen MR) is 125 cm³/mol. The van der Waals surface area contributed by atoms with Gasteiger partial charge in [-0.1, -0.05) is 24.5 Å². The summed E-state index contributed by atoms with van der Waals surface area (Å²) in [6.45, 7) is 0.982. The highest BCUT2D eigenvalue weighted by molar-refractivity contribution is 7.89. The fourth-order valence-corrected chi connectivity index (χ4v) is 5.74. The van der Waals surface area contributed by atoms with Crippen LogP contribution in [0.4, 0.5) is 0 Å². The Hall–Kier alpha value is -2.39. The number of rotatable bonds is 9. The highest BCUT2D eigenvalue weighted by Crippen LogP contribution is 2.27. The van der Waals surface area contributed by atoms with Crippen LogP contribution in [-0.2, 0) is 19.6 Å². The van der Waals surface area contributed by atoms with Gasteiger partial charge in [-0.25, -0.2) is 13.2 Å². The summed E-state index contributed by atoms with van der Waals surface area (Å²) in [6.07, 6.45) is 11.2. The van der Waals surface area contributed by atoms with E-state index in [0.717, 1.165) is 44.9 Å². The van der Waals surface area contributed by atoms with Crippen LogP contribution in [0.1, 0.15) is 68.1 Å². The highest BCUT2D eigenvalue weighted by atomic mass is 32.2. The predicted octanol–water partition coefficient (Wildman–Crippen LogP) is 3.42. The van der Waals surface area contributed by atoms with E-state index in [1.807, 2.05) is 0 Å². The van der Waals surface area contributed by atoms with Crippen molar-refractivity contribution in [1.82, 2.24) is 9.62 Å². The monoisotopic (exact) mass is 478 g/mol. The van der Waals surface area contributed by atoms with E-state index in [4.69, 9.17) is 9.47 Å². The van der Waals surface area contributed by atoms with Gasteiger partial charge in [-0.05, 0) is 63.1 Å². The van der Waals surface area contributed by atoms with Crippen molar-refractivity contribution < 1.29 is 27.5 Å². The lowest BCUT2D eigenvalue weighted by molar-refractivity contribution is -0.124. The lowest BCUT2D eigenvalue weighted by Gasteiger charge is -2.20. The molecule has 0 spiro atoms. The molecule has 0 bridgehead atoms. The summed E-state index contributed by atoms with van der Waals surface area (Å²) < 4.78 is 38.0. The van der Waals surface area contributed by atoms with E-state index in [2.05, 4.69) is 11.4 Å². The number of nitrogens with one attached hydrogen (secondary N) is 1. The molecule has 3 rings (SSSR count). The maximum absolute atomic E-state index is 13.1. The van der Waals surface area contributed by atoms with Crippen molar-refractivity contribution in [3.05, 3.63) is 35.4 Å². The molecule has 8 nitrogen and oxygen atoms in total. The van der Waals surface area contributed by atoms with E-state index in [-0.39, 0.29) is 16.2 Å². The second-order valence-corrected chi connectivity index (χ2v) is 10.4. The molecule has 33 heavy (non-hydrogen) atoms. The number of amides is 1. The van der Waals surface area contributed by atoms with Gasteiger partial charge in [0.15, 0.2) is 6.61 Å². The largest absolute Gasteiger partial charge is 0.496 e. The topological polar surface area (TPSA) is 102 Å². The molecule has 0 atom stereocenters. The average Bonchev–Trinajstić information content (AvgIpc) is 3.13. The third kappa shape index (κ3) is 7.04. The number of carbonyl (C=O) groups is 2. The first-order chi connectivity index (χ1) is 15.9. The molecule has 1 saturated heterocycles. The summed E-state index contributed by atoms with van der Waals surface area (Å²) in [6, 6.07) is 4.15. The number of hydrogen-bond donors (Lipinski definition) is 1. The Morgan fingerprint density at radius 2 is 1.82 bits per heavy atom. The minimum absolute atomic E-state index is 0.0161. The molecule has 1 N–H and O–H groups in total. The summed E-state index contributed by atoms with van der Waals surface area (Å²) in [5, 5.41) is 2.76. The van der Waals surface area contributed by atoms with Crippen molar-refractivity contribution in [3.63, 3.8) is 0 Å². The van der Waals surface area contributed by atoms with E-state index in [0.29, 0.717) is 19.6 Å². The lowest BCUT2D eigenvalue weighted by atomic mass is 9.97. The van der Waals surface area contributed by atoms with Crippen LogP contribution in [0.2, 0.25) is 0 Å². The molecule has 1 aliphatic heterocycles. The van der Waals surface area contributed by atoms with Gasteiger partial charge in [0.25, 0.3) is 5.91 Å². The quantitative estimate of drug-likeness (QED) is 0.431. The first-order valence-corrected chi connectivity index (χ1v) is 13.2. The number of methoxy groups -OCH3 is 1. The zero-order chi connectivity index (χ0) is 23.7. The molecule has 1 fully saturated rings. The zero-order valence-corrected chi connectivity index (χ0v) is 20.1. The number of esters is 1. The van der Waals surface area contributed by atoms with Crippen molar-refractivity contribution in [3.8, 4) is 5.75 Å². The summed E-state index contributed by atoms with van der Waals surface area (Å²) in [5.41, 5.74) is 1.33. The van der Waals surface area contributed by atoms with Gasteiger partial charge in [0.2, 0.25) is 10.0 Å². The Morgan fingerprint density at radius 1 is 1.06 bits per heavy atom. The molecule has 0 radical (unpaired) electrons. The molecule has 0 unspecified atom stereocenters. The summed E-state index contributed by atoms with van der Waals surface area (Å²) >= 11 is 0. The first kappa shape index (κ1) is 25.2. The summed E-state index contributed by atoms with van der Waals surface area (Å²) in [4.78, 5) is 24.8. The van der Waals surface area contributed by atoms with Gasteiger partial charge in [0.05, 0.1) is 12.0 Å². The SMILES string of the molecule is COc1ccc(S(=O)(=O)N2CCCCCC2)cc1C(=O)OCC(=O)NCCC1=CCCCC1. The fourth-order valence-electron chi connectivity index (χ4n) is 4.19. The van der Waals surface area contributed by atoms with Crippen LogP contribution in [0, 0.1) is 0 Å².